The average Bonchev–Trinajstić information content (AvgIpc) is 3.07. The van der Waals surface area contributed by atoms with Crippen molar-refractivity contribution in [1.82, 2.24) is 4.98 Å². The number of hydrogen-bond acceptors (Lipinski definition) is 6. The van der Waals surface area contributed by atoms with Crippen LogP contribution in [0.4, 0.5) is 17.2 Å². The van der Waals surface area contributed by atoms with Gasteiger partial charge in [-0.2, -0.15) is 0 Å². The van der Waals surface area contributed by atoms with Gasteiger partial charge in [-0.25, -0.2) is 4.98 Å². The van der Waals surface area contributed by atoms with Crippen molar-refractivity contribution >= 4 is 17.2 Å². The second-order valence-corrected chi connectivity index (χ2v) is 5.23. The zero-order chi connectivity index (χ0) is 16.1. The molecule has 23 heavy (non-hydrogen) atoms. The maximum atomic E-state index is 11.0. The van der Waals surface area contributed by atoms with Crippen molar-refractivity contribution in [3.63, 3.8) is 0 Å². The molecule has 3 rings (SSSR count). The smallest absolute Gasteiger partial charge is 0.311 e. The molecule has 7 nitrogen and oxygen atoms in total. The maximum absolute atomic E-state index is 11.0. The SMILES string of the molecule is O=[N+]([O-])c1cccnc1Nc1cccc(OC[C@@H]2CCCO2)c1. The second-order valence-electron chi connectivity index (χ2n) is 5.23. The topological polar surface area (TPSA) is 86.5 Å². The fourth-order valence-electron chi connectivity index (χ4n) is 2.41. The third-order valence-corrected chi connectivity index (χ3v) is 3.54. The van der Waals surface area contributed by atoms with Gasteiger partial charge in [0.1, 0.15) is 12.4 Å². The number of anilines is 2. The van der Waals surface area contributed by atoms with Crippen LogP contribution in [0.3, 0.4) is 0 Å². The molecule has 1 fully saturated rings. The van der Waals surface area contributed by atoms with Crippen LogP contribution in [-0.4, -0.2) is 29.2 Å². The molecule has 1 N–H and O–H groups in total. The molecule has 1 aromatic carbocycles. The predicted octanol–water partition coefficient (Wildman–Crippen LogP) is 3.29. The Morgan fingerprint density at radius 1 is 1.39 bits per heavy atom. The van der Waals surface area contributed by atoms with Gasteiger partial charge in [-0.1, -0.05) is 6.07 Å². The molecule has 0 saturated carbocycles. The lowest BCUT2D eigenvalue weighted by molar-refractivity contribution is -0.384. The Morgan fingerprint density at radius 3 is 3.09 bits per heavy atom. The minimum atomic E-state index is -0.465. The number of nitrogens with zero attached hydrogens (tertiary/aromatic N) is 2. The van der Waals surface area contributed by atoms with E-state index in [0.717, 1.165) is 19.4 Å². The van der Waals surface area contributed by atoms with Crippen molar-refractivity contribution in [2.75, 3.05) is 18.5 Å². The molecule has 1 aromatic heterocycles. The van der Waals surface area contributed by atoms with Crippen LogP contribution in [0.1, 0.15) is 12.8 Å². The van der Waals surface area contributed by atoms with Crippen molar-refractivity contribution in [2.45, 2.75) is 18.9 Å². The summed E-state index contributed by atoms with van der Waals surface area (Å²) in [5.74, 6) is 0.887. The number of hydrogen-bond donors (Lipinski definition) is 1. The van der Waals surface area contributed by atoms with Crippen molar-refractivity contribution in [3.8, 4) is 5.75 Å². The summed E-state index contributed by atoms with van der Waals surface area (Å²) in [4.78, 5) is 14.6. The molecule has 2 aromatic rings. The van der Waals surface area contributed by atoms with Crippen LogP contribution in [0, 0.1) is 10.1 Å². The number of benzene rings is 1. The highest BCUT2D eigenvalue weighted by Gasteiger charge is 2.17. The molecule has 1 aliphatic rings. The van der Waals surface area contributed by atoms with E-state index in [9.17, 15) is 10.1 Å². The molecule has 2 heterocycles. The van der Waals surface area contributed by atoms with E-state index in [4.69, 9.17) is 9.47 Å². The number of ether oxygens (including phenoxy) is 2. The van der Waals surface area contributed by atoms with Crippen molar-refractivity contribution in [3.05, 3.63) is 52.7 Å². The predicted molar refractivity (Wildman–Crippen MR) is 85.1 cm³/mol. The normalized spacial score (nSPS) is 17.0. The van der Waals surface area contributed by atoms with E-state index < -0.39 is 4.92 Å². The quantitative estimate of drug-likeness (QED) is 0.650. The van der Waals surface area contributed by atoms with E-state index in [-0.39, 0.29) is 17.6 Å². The maximum Gasteiger partial charge on any atom is 0.311 e. The zero-order valence-corrected chi connectivity index (χ0v) is 12.5. The average molecular weight is 315 g/mol. The first-order chi connectivity index (χ1) is 11.2. The Morgan fingerprint density at radius 2 is 2.30 bits per heavy atom. The van der Waals surface area contributed by atoms with E-state index in [1.165, 1.54) is 18.3 Å². The van der Waals surface area contributed by atoms with Crippen molar-refractivity contribution in [2.24, 2.45) is 0 Å². The van der Waals surface area contributed by atoms with E-state index in [0.29, 0.717) is 18.0 Å². The third-order valence-electron chi connectivity index (χ3n) is 3.54. The number of pyridine rings is 1. The second kappa shape index (κ2) is 7.06. The van der Waals surface area contributed by atoms with Gasteiger partial charge in [0.25, 0.3) is 0 Å². The van der Waals surface area contributed by atoms with E-state index in [2.05, 4.69) is 10.3 Å². The number of aromatic nitrogens is 1. The van der Waals surface area contributed by atoms with Crippen LogP contribution < -0.4 is 10.1 Å². The highest BCUT2D eigenvalue weighted by Crippen LogP contribution is 2.26. The highest BCUT2D eigenvalue weighted by atomic mass is 16.6. The van der Waals surface area contributed by atoms with Gasteiger partial charge in [0.15, 0.2) is 0 Å². The lowest BCUT2D eigenvalue weighted by atomic mass is 10.2. The summed E-state index contributed by atoms with van der Waals surface area (Å²) in [5.41, 5.74) is 0.606. The largest absolute Gasteiger partial charge is 0.491 e. The first-order valence-corrected chi connectivity index (χ1v) is 7.43. The van der Waals surface area contributed by atoms with Gasteiger partial charge in [0.2, 0.25) is 5.82 Å². The van der Waals surface area contributed by atoms with Gasteiger partial charge in [0.05, 0.1) is 11.0 Å². The molecule has 1 atom stereocenters. The van der Waals surface area contributed by atoms with Crippen LogP contribution in [0.2, 0.25) is 0 Å². The van der Waals surface area contributed by atoms with Gasteiger partial charge >= 0.3 is 5.69 Å². The summed E-state index contributed by atoms with van der Waals surface area (Å²) < 4.78 is 11.2. The molecule has 7 heteroatoms. The standard InChI is InChI=1S/C16H17N3O4/c20-19(21)15-7-2-8-17-16(15)18-12-4-1-5-13(10-12)23-11-14-6-3-9-22-14/h1-2,4-5,7-8,10,14H,3,6,9,11H2,(H,17,18)/t14-/m0/s1. The van der Waals surface area contributed by atoms with Crippen molar-refractivity contribution < 1.29 is 14.4 Å². The van der Waals surface area contributed by atoms with Crippen LogP contribution >= 0.6 is 0 Å². The third kappa shape index (κ3) is 3.95. The van der Waals surface area contributed by atoms with Crippen LogP contribution in [-0.2, 0) is 4.74 Å². The number of rotatable bonds is 6. The molecule has 120 valence electrons. The lowest BCUT2D eigenvalue weighted by Gasteiger charge is -2.12. The van der Waals surface area contributed by atoms with Crippen LogP contribution in [0.15, 0.2) is 42.6 Å². The van der Waals surface area contributed by atoms with Gasteiger partial charge < -0.3 is 14.8 Å². The molecule has 1 aliphatic heterocycles. The zero-order valence-electron chi connectivity index (χ0n) is 12.5. The summed E-state index contributed by atoms with van der Waals surface area (Å²) in [6.07, 6.45) is 3.73. The fourth-order valence-corrected chi connectivity index (χ4v) is 2.41. The molecular formula is C16H17N3O4. The van der Waals surface area contributed by atoms with Crippen LogP contribution in [0.25, 0.3) is 0 Å². The lowest BCUT2D eigenvalue weighted by Crippen LogP contribution is -2.16. The molecule has 0 bridgehead atoms. The minimum Gasteiger partial charge on any atom is -0.491 e. The van der Waals surface area contributed by atoms with Crippen molar-refractivity contribution in [1.29, 1.82) is 0 Å². The summed E-state index contributed by atoms with van der Waals surface area (Å²) in [6.45, 7) is 1.30. The van der Waals surface area contributed by atoms with Gasteiger partial charge in [-0.3, -0.25) is 10.1 Å². The van der Waals surface area contributed by atoms with Gasteiger partial charge in [-0.05, 0) is 31.0 Å². The van der Waals surface area contributed by atoms with E-state index in [1.807, 2.05) is 12.1 Å². The molecule has 0 unspecified atom stereocenters. The fraction of sp³-hybridized carbons (Fsp3) is 0.312. The Labute approximate surface area is 133 Å². The highest BCUT2D eigenvalue weighted by molar-refractivity contribution is 5.65. The first kappa shape index (κ1) is 15.2. The molecule has 1 saturated heterocycles. The molecule has 0 amide bonds. The molecule has 0 spiro atoms. The molecule has 0 aliphatic carbocycles. The number of nitro groups is 1. The summed E-state index contributed by atoms with van der Waals surface area (Å²) in [6, 6.07) is 10.2. The minimum absolute atomic E-state index is 0.0711. The Bertz CT molecular complexity index is 687. The van der Waals surface area contributed by atoms with E-state index in [1.54, 1.807) is 12.1 Å². The Hall–Kier alpha value is -2.67. The van der Waals surface area contributed by atoms with Crippen LogP contribution in [0.5, 0.6) is 5.75 Å². The summed E-state index contributed by atoms with van der Waals surface area (Å²) in [7, 11) is 0. The number of nitrogens with one attached hydrogen (secondary N) is 1. The van der Waals surface area contributed by atoms with Gasteiger partial charge in [-0.15, -0.1) is 0 Å². The summed E-state index contributed by atoms with van der Waals surface area (Å²) in [5, 5.41) is 14.0. The monoisotopic (exact) mass is 315 g/mol. The van der Waals surface area contributed by atoms with Gasteiger partial charge in [0, 0.05) is 30.6 Å². The van der Waals surface area contributed by atoms with E-state index >= 15 is 0 Å². The molecule has 0 radical (unpaired) electrons. The first-order valence-electron chi connectivity index (χ1n) is 7.43. The summed E-state index contributed by atoms with van der Waals surface area (Å²) >= 11 is 0. The Balaban J connectivity index is 1.69. The Kier molecular flexibility index (Phi) is 4.68. The molecular weight excluding hydrogens is 298 g/mol.